The Morgan fingerprint density at radius 2 is 1.22 bits per heavy atom. The number of nitrogens with zero attached hydrogens (tertiary/aromatic N) is 1. The molecule has 11 rings (SSSR count). The van der Waals surface area contributed by atoms with Crippen LogP contribution in [-0.2, 0) is 16.2 Å². The highest BCUT2D eigenvalue weighted by molar-refractivity contribution is 6.76. The molecule has 63 heavy (non-hydrogen) atoms. The van der Waals surface area contributed by atoms with E-state index in [1.165, 1.54) is 55.3 Å². The highest BCUT2D eigenvalue weighted by Crippen LogP contribution is 2.56. The van der Waals surface area contributed by atoms with Crippen LogP contribution in [0, 0.1) is 0 Å². The van der Waals surface area contributed by atoms with E-state index in [1.54, 1.807) is 0 Å². The minimum Gasteiger partial charge on any atom is -0.440 e. The van der Waals surface area contributed by atoms with E-state index < -0.39 is 0 Å². The van der Waals surface area contributed by atoms with Crippen LogP contribution in [-0.4, -0.2) is 7.28 Å². The molecule has 4 heteroatoms. The van der Waals surface area contributed by atoms with Gasteiger partial charge in [-0.3, -0.25) is 4.90 Å². The highest BCUT2D eigenvalue weighted by Gasteiger charge is 2.41. The Hall–Kier alpha value is -6.78. The van der Waals surface area contributed by atoms with Crippen LogP contribution in [0.25, 0.3) is 55.1 Å². The number of benzene rings is 8. The van der Waals surface area contributed by atoms with Crippen molar-refractivity contribution >= 4 is 68.6 Å². The molecule has 1 aromatic heterocycles. The van der Waals surface area contributed by atoms with E-state index in [1.807, 2.05) is 0 Å². The Labute approximate surface area is 372 Å². The summed E-state index contributed by atoms with van der Waals surface area (Å²) < 4.78 is 7.07. The van der Waals surface area contributed by atoms with E-state index >= 15 is 0 Å². The zero-order chi connectivity index (χ0) is 43.4. The fourth-order valence-corrected chi connectivity index (χ4v) is 10.3. The summed E-state index contributed by atoms with van der Waals surface area (Å²) in [5.41, 5.74) is 19.8. The van der Waals surface area contributed by atoms with Crippen molar-refractivity contribution in [1.29, 1.82) is 0 Å². The van der Waals surface area contributed by atoms with Gasteiger partial charge in [-0.1, -0.05) is 177 Å². The second-order valence-electron chi connectivity index (χ2n) is 20.1. The van der Waals surface area contributed by atoms with Crippen LogP contribution in [0.2, 0.25) is 0 Å². The molecule has 1 aliphatic carbocycles. The molecule has 1 radical (unpaired) electrons. The van der Waals surface area contributed by atoms with Gasteiger partial charge in [0.1, 0.15) is 5.58 Å². The SMILES string of the molecule is CC(C)(C)c1ccc(Nc2ccc3c(c2-c2cc4ccccc4c4c2[B]c2c(oc5ccccc25)N4c2ccc(C(C)(C)C)cc2-c2ccccc2)C(C)(C)c2ccccc2-3)cc1. The van der Waals surface area contributed by atoms with Crippen LogP contribution < -0.4 is 21.1 Å². The summed E-state index contributed by atoms with van der Waals surface area (Å²) in [5, 5.41) is 7.42. The van der Waals surface area contributed by atoms with E-state index in [0.717, 1.165) is 61.7 Å². The number of hydrogen-bond donors (Lipinski definition) is 1. The average molecular weight is 816 g/mol. The van der Waals surface area contributed by atoms with Gasteiger partial charge in [0.2, 0.25) is 7.28 Å². The maximum Gasteiger partial charge on any atom is 0.203 e. The first-order chi connectivity index (χ1) is 30.3. The van der Waals surface area contributed by atoms with Gasteiger partial charge in [0, 0.05) is 38.7 Å². The van der Waals surface area contributed by atoms with Crippen molar-refractivity contribution in [2.45, 2.75) is 71.6 Å². The molecule has 0 spiro atoms. The molecule has 3 nitrogen and oxygen atoms in total. The van der Waals surface area contributed by atoms with E-state index in [2.05, 4.69) is 237 Å². The molecule has 0 atom stereocenters. The Morgan fingerprint density at radius 1 is 0.556 bits per heavy atom. The van der Waals surface area contributed by atoms with Crippen molar-refractivity contribution in [2.75, 3.05) is 10.2 Å². The largest absolute Gasteiger partial charge is 0.440 e. The molecule has 8 aromatic carbocycles. The lowest BCUT2D eigenvalue weighted by Gasteiger charge is -2.36. The first kappa shape index (κ1) is 39.1. The predicted molar refractivity (Wildman–Crippen MR) is 269 cm³/mol. The first-order valence-corrected chi connectivity index (χ1v) is 22.3. The van der Waals surface area contributed by atoms with Gasteiger partial charge in [-0.15, -0.1) is 0 Å². The zero-order valence-corrected chi connectivity index (χ0v) is 37.5. The minimum absolute atomic E-state index is 0.0471. The topological polar surface area (TPSA) is 28.4 Å². The average Bonchev–Trinajstić information content (AvgIpc) is 3.76. The molecule has 1 N–H and O–H groups in total. The molecule has 0 amide bonds. The van der Waals surface area contributed by atoms with Crippen molar-refractivity contribution in [3.8, 4) is 33.4 Å². The number of rotatable bonds is 5. The minimum atomic E-state index is -0.279. The number of hydrogen-bond acceptors (Lipinski definition) is 3. The quantitative estimate of drug-likeness (QED) is 0.175. The fourth-order valence-electron chi connectivity index (χ4n) is 10.3. The van der Waals surface area contributed by atoms with E-state index in [-0.39, 0.29) is 16.2 Å². The Kier molecular flexibility index (Phi) is 8.77. The van der Waals surface area contributed by atoms with Crippen LogP contribution >= 0.6 is 0 Å². The summed E-state index contributed by atoms with van der Waals surface area (Å²) in [4.78, 5) is 2.44. The molecular formula is C59H52BN2O. The smallest absolute Gasteiger partial charge is 0.203 e. The molecular weight excluding hydrogens is 763 g/mol. The molecule has 0 bridgehead atoms. The van der Waals surface area contributed by atoms with E-state index in [0.29, 0.717) is 0 Å². The van der Waals surface area contributed by atoms with Gasteiger partial charge < -0.3 is 9.73 Å². The third-order valence-electron chi connectivity index (χ3n) is 13.6. The van der Waals surface area contributed by atoms with Gasteiger partial charge in [0.05, 0.1) is 11.4 Å². The second-order valence-corrected chi connectivity index (χ2v) is 20.1. The van der Waals surface area contributed by atoms with Crippen molar-refractivity contribution in [1.82, 2.24) is 0 Å². The standard InChI is InChI=1S/C59H52BN2O/c1-57(2,3)38-26-29-40(30-27-38)61-48-32-31-43-42-22-14-16-24-47(42)59(7,8)52(43)51(48)46-34-37-20-12-13-21-41(37)55-53(46)60-54-44-23-15-17-25-50(44)63-56(54)62(55)49-33-28-39(58(4,5)6)35-45(49)36-18-10-9-11-19-36/h9-35,61H,1-8H3. The van der Waals surface area contributed by atoms with Gasteiger partial charge in [-0.25, -0.2) is 0 Å². The monoisotopic (exact) mass is 815 g/mol. The summed E-state index contributed by atoms with van der Waals surface area (Å²) in [7, 11) is 2.41. The molecule has 2 aliphatic rings. The normalized spacial score (nSPS) is 13.9. The number of nitrogens with one attached hydrogen (secondary N) is 1. The summed E-state index contributed by atoms with van der Waals surface area (Å²) >= 11 is 0. The van der Waals surface area contributed by atoms with Crippen molar-refractivity contribution in [2.24, 2.45) is 0 Å². The van der Waals surface area contributed by atoms with Crippen LogP contribution in [0.5, 0.6) is 0 Å². The highest BCUT2D eigenvalue weighted by atomic mass is 16.4. The lowest BCUT2D eigenvalue weighted by atomic mass is 9.57. The van der Waals surface area contributed by atoms with Gasteiger partial charge >= 0.3 is 0 Å². The number of para-hydroxylation sites is 1. The van der Waals surface area contributed by atoms with Gasteiger partial charge in [0.25, 0.3) is 0 Å². The molecule has 2 heterocycles. The summed E-state index contributed by atoms with van der Waals surface area (Å²) in [6.45, 7) is 18.5. The van der Waals surface area contributed by atoms with Crippen LogP contribution in [0.3, 0.4) is 0 Å². The Balaban J connectivity index is 1.25. The van der Waals surface area contributed by atoms with Gasteiger partial charge in [0.15, 0.2) is 5.88 Å². The molecule has 0 saturated carbocycles. The van der Waals surface area contributed by atoms with Gasteiger partial charge in [-0.05, 0) is 114 Å². The van der Waals surface area contributed by atoms with Crippen LogP contribution in [0.15, 0.2) is 168 Å². The Bertz CT molecular complexity index is 3270. The Morgan fingerprint density at radius 3 is 1.98 bits per heavy atom. The van der Waals surface area contributed by atoms with E-state index in [4.69, 9.17) is 4.42 Å². The molecule has 1 aliphatic heterocycles. The van der Waals surface area contributed by atoms with Crippen LogP contribution in [0.4, 0.5) is 28.6 Å². The van der Waals surface area contributed by atoms with Gasteiger partial charge in [-0.2, -0.15) is 0 Å². The number of fused-ring (bicyclic) bond motifs is 9. The zero-order valence-electron chi connectivity index (χ0n) is 37.5. The third-order valence-corrected chi connectivity index (χ3v) is 13.6. The predicted octanol–water partition coefficient (Wildman–Crippen LogP) is 15.0. The lowest BCUT2D eigenvalue weighted by molar-refractivity contribution is 0.590. The molecule has 0 fully saturated rings. The first-order valence-electron chi connectivity index (χ1n) is 22.3. The van der Waals surface area contributed by atoms with Crippen molar-refractivity contribution < 1.29 is 4.42 Å². The molecule has 0 unspecified atom stereocenters. The molecule has 0 saturated heterocycles. The summed E-state index contributed by atoms with van der Waals surface area (Å²) in [6, 6.07) is 60.3. The molecule has 9 aromatic rings. The molecule has 307 valence electrons. The lowest BCUT2D eigenvalue weighted by Crippen LogP contribution is -2.40. The van der Waals surface area contributed by atoms with Crippen molar-refractivity contribution in [3.05, 3.63) is 186 Å². The summed E-state index contributed by atoms with van der Waals surface area (Å²) in [6.07, 6.45) is 0. The second kappa shape index (κ2) is 14.1. The number of furan rings is 1. The number of anilines is 5. The maximum absolute atomic E-state index is 7.07. The van der Waals surface area contributed by atoms with Crippen molar-refractivity contribution in [3.63, 3.8) is 0 Å². The third kappa shape index (κ3) is 6.25. The fraction of sp³-hybridized carbons (Fsp3) is 0.186. The summed E-state index contributed by atoms with van der Waals surface area (Å²) in [5.74, 6) is 0.829. The van der Waals surface area contributed by atoms with Crippen LogP contribution in [0.1, 0.15) is 77.6 Å². The van der Waals surface area contributed by atoms with E-state index in [9.17, 15) is 0 Å². The maximum atomic E-state index is 7.07.